The highest BCUT2D eigenvalue weighted by Crippen LogP contribution is 2.37. The molecule has 0 aromatic heterocycles. The lowest BCUT2D eigenvalue weighted by Crippen LogP contribution is -2.24. The maximum absolute atomic E-state index is 13.3. The molecule has 1 nitrogen and oxygen atoms in total. The van der Waals surface area contributed by atoms with Crippen LogP contribution in [0, 0.1) is 5.82 Å². The Balaban J connectivity index is 1.78. The molecule has 2 aromatic rings. The number of hydrogen-bond acceptors (Lipinski definition) is 2. The summed E-state index contributed by atoms with van der Waals surface area (Å²) in [6, 6.07) is 11.1. The van der Waals surface area contributed by atoms with E-state index in [0.717, 1.165) is 27.2 Å². The van der Waals surface area contributed by atoms with Gasteiger partial charge >= 0.3 is 0 Å². The molecule has 3 rings (SSSR count). The summed E-state index contributed by atoms with van der Waals surface area (Å²) in [6.07, 6.45) is 1.05. The van der Waals surface area contributed by atoms with Crippen molar-refractivity contribution < 1.29 is 4.39 Å². The van der Waals surface area contributed by atoms with E-state index in [0.29, 0.717) is 6.54 Å². The Kier molecular flexibility index (Phi) is 4.89. The summed E-state index contributed by atoms with van der Waals surface area (Å²) >= 11 is 11.4. The van der Waals surface area contributed by atoms with Crippen LogP contribution in [0.15, 0.2) is 45.8 Å². The monoisotopic (exact) mass is 385 g/mol. The molecule has 0 saturated carbocycles. The normalized spacial score (nSPS) is 17.6. The SMILES string of the molecule is Fc1ccc(Br)c(CNC2CCSc3ccc(Cl)cc32)c1. The molecular formula is C16H14BrClFNS. The number of nitrogens with one attached hydrogen (secondary N) is 1. The summed E-state index contributed by atoms with van der Waals surface area (Å²) in [5.41, 5.74) is 2.17. The van der Waals surface area contributed by atoms with E-state index >= 15 is 0 Å². The highest BCUT2D eigenvalue weighted by Gasteiger charge is 2.20. The summed E-state index contributed by atoms with van der Waals surface area (Å²) in [5, 5.41) is 4.28. The molecule has 0 radical (unpaired) electrons. The maximum atomic E-state index is 13.3. The number of thioether (sulfide) groups is 1. The lowest BCUT2D eigenvalue weighted by Gasteiger charge is -2.26. The molecule has 1 atom stereocenters. The van der Waals surface area contributed by atoms with Gasteiger partial charge in [-0.25, -0.2) is 4.39 Å². The molecule has 2 aromatic carbocycles. The molecule has 0 spiro atoms. The van der Waals surface area contributed by atoms with E-state index in [4.69, 9.17) is 11.6 Å². The van der Waals surface area contributed by atoms with Crippen molar-refractivity contribution in [2.45, 2.75) is 23.9 Å². The zero-order valence-corrected chi connectivity index (χ0v) is 14.4. The highest BCUT2D eigenvalue weighted by molar-refractivity contribution is 9.10. The standard InChI is InChI=1S/C16H14BrClFNS/c17-14-3-2-12(19)7-10(14)9-20-15-5-6-21-16-4-1-11(18)8-13(15)16/h1-4,7-8,15,20H,5-6,9H2. The molecule has 5 heteroatoms. The van der Waals surface area contributed by atoms with Crippen LogP contribution in [0.4, 0.5) is 4.39 Å². The zero-order valence-electron chi connectivity index (χ0n) is 11.2. The largest absolute Gasteiger partial charge is 0.306 e. The van der Waals surface area contributed by atoms with Gasteiger partial charge in [-0.15, -0.1) is 11.8 Å². The molecular weight excluding hydrogens is 373 g/mol. The fourth-order valence-corrected chi connectivity index (χ4v) is 4.16. The molecule has 21 heavy (non-hydrogen) atoms. The Morgan fingerprint density at radius 1 is 1.29 bits per heavy atom. The third kappa shape index (κ3) is 3.62. The fourth-order valence-electron chi connectivity index (χ4n) is 2.49. The van der Waals surface area contributed by atoms with Gasteiger partial charge in [0, 0.05) is 27.0 Å². The average Bonchev–Trinajstić information content (AvgIpc) is 2.48. The lowest BCUT2D eigenvalue weighted by atomic mass is 10.0. The van der Waals surface area contributed by atoms with Crippen molar-refractivity contribution >= 4 is 39.3 Å². The van der Waals surface area contributed by atoms with Crippen molar-refractivity contribution in [1.82, 2.24) is 5.32 Å². The zero-order chi connectivity index (χ0) is 14.8. The molecule has 0 bridgehead atoms. The van der Waals surface area contributed by atoms with E-state index < -0.39 is 0 Å². The molecule has 1 N–H and O–H groups in total. The number of hydrogen-bond donors (Lipinski definition) is 1. The Morgan fingerprint density at radius 3 is 3.00 bits per heavy atom. The van der Waals surface area contributed by atoms with Gasteiger partial charge in [0.1, 0.15) is 5.82 Å². The van der Waals surface area contributed by atoms with Gasteiger partial charge in [0.25, 0.3) is 0 Å². The van der Waals surface area contributed by atoms with Crippen LogP contribution in [0.3, 0.4) is 0 Å². The van der Waals surface area contributed by atoms with Crippen molar-refractivity contribution in [2.24, 2.45) is 0 Å². The number of benzene rings is 2. The Morgan fingerprint density at radius 2 is 2.14 bits per heavy atom. The van der Waals surface area contributed by atoms with Crippen LogP contribution in [0.2, 0.25) is 5.02 Å². The van der Waals surface area contributed by atoms with Gasteiger partial charge in [-0.05, 0) is 59.7 Å². The third-order valence-corrected chi connectivity index (χ3v) is 5.69. The Hall–Kier alpha value is -0.550. The van der Waals surface area contributed by atoms with E-state index in [1.807, 2.05) is 23.9 Å². The molecule has 110 valence electrons. The van der Waals surface area contributed by atoms with Gasteiger partial charge in [0.2, 0.25) is 0 Å². The maximum Gasteiger partial charge on any atom is 0.123 e. The summed E-state index contributed by atoms with van der Waals surface area (Å²) in [4.78, 5) is 1.28. The Bertz CT molecular complexity index is 665. The first-order valence-corrected chi connectivity index (χ1v) is 8.89. The molecule has 0 amide bonds. The van der Waals surface area contributed by atoms with Crippen molar-refractivity contribution in [3.8, 4) is 0 Å². The van der Waals surface area contributed by atoms with E-state index in [2.05, 4.69) is 27.3 Å². The van der Waals surface area contributed by atoms with Gasteiger partial charge in [-0.1, -0.05) is 27.5 Å². The summed E-state index contributed by atoms with van der Waals surface area (Å²) in [6.45, 7) is 0.625. The second-order valence-electron chi connectivity index (χ2n) is 4.99. The number of rotatable bonds is 3. The van der Waals surface area contributed by atoms with Crippen LogP contribution >= 0.6 is 39.3 Å². The van der Waals surface area contributed by atoms with E-state index in [9.17, 15) is 4.39 Å². The van der Waals surface area contributed by atoms with Crippen LogP contribution in [0.1, 0.15) is 23.6 Å². The first-order valence-electron chi connectivity index (χ1n) is 6.73. The second kappa shape index (κ2) is 6.69. The van der Waals surface area contributed by atoms with Gasteiger partial charge in [-0.3, -0.25) is 0 Å². The fraction of sp³-hybridized carbons (Fsp3) is 0.250. The smallest absolute Gasteiger partial charge is 0.123 e. The van der Waals surface area contributed by atoms with Crippen LogP contribution in [0.5, 0.6) is 0 Å². The molecule has 1 unspecified atom stereocenters. The summed E-state index contributed by atoms with van der Waals surface area (Å²) in [7, 11) is 0. The van der Waals surface area contributed by atoms with E-state index in [1.165, 1.54) is 16.5 Å². The second-order valence-corrected chi connectivity index (χ2v) is 7.42. The van der Waals surface area contributed by atoms with Gasteiger partial charge in [0.05, 0.1) is 0 Å². The predicted octanol–water partition coefficient (Wildman–Crippen LogP) is 5.57. The molecule has 1 heterocycles. The van der Waals surface area contributed by atoms with Gasteiger partial charge in [-0.2, -0.15) is 0 Å². The lowest BCUT2D eigenvalue weighted by molar-refractivity contribution is 0.507. The first kappa shape index (κ1) is 15.3. The minimum atomic E-state index is -0.211. The quantitative estimate of drug-likeness (QED) is 0.740. The molecule has 0 fully saturated rings. The summed E-state index contributed by atoms with van der Waals surface area (Å²) in [5.74, 6) is 0.869. The predicted molar refractivity (Wildman–Crippen MR) is 90.5 cm³/mol. The van der Waals surface area contributed by atoms with E-state index in [1.54, 1.807) is 12.1 Å². The van der Waals surface area contributed by atoms with E-state index in [-0.39, 0.29) is 11.9 Å². The van der Waals surface area contributed by atoms with Crippen LogP contribution in [-0.2, 0) is 6.54 Å². The average molecular weight is 387 g/mol. The molecule has 1 aliphatic rings. The third-order valence-electron chi connectivity index (χ3n) is 3.56. The highest BCUT2D eigenvalue weighted by atomic mass is 79.9. The molecule has 1 aliphatic heterocycles. The number of fused-ring (bicyclic) bond motifs is 1. The van der Waals surface area contributed by atoms with Gasteiger partial charge < -0.3 is 5.32 Å². The van der Waals surface area contributed by atoms with Crippen molar-refractivity contribution in [3.05, 3.63) is 62.8 Å². The minimum Gasteiger partial charge on any atom is -0.306 e. The van der Waals surface area contributed by atoms with Crippen molar-refractivity contribution in [3.63, 3.8) is 0 Å². The van der Waals surface area contributed by atoms with Crippen LogP contribution < -0.4 is 5.32 Å². The van der Waals surface area contributed by atoms with Crippen molar-refractivity contribution in [2.75, 3.05) is 5.75 Å². The molecule has 0 aliphatic carbocycles. The van der Waals surface area contributed by atoms with Gasteiger partial charge in [0.15, 0.2) is 0 Å². The minimum absolute atomic E-state index is 0.211. The summed E-state index contributed by atoms with van der Waals surface area (Å²) < 4.78 is 14.3. The first-order chi connectivity index (χ1) is 10.1. The van der Waals surface area contributed by atoms with Crippen LogP contribution in [0.25, 0.3) is 0 Å². The topological polar surface area (TPSA) is 12.0 Å². The van der Waals surface area contributed by atoms with Crippen LogP contribution in [-0.4, -0.2) is 5.75 Å². The number of halogens is 3. The molecule has 0 saturated heterocycles. The Labute approximate surface area is 141 Å². The van der Waals surface area contributed by atoms with Crippen molar-refractivity contribution in [1.29, 1.82) is 0 Å².